The van der Waals surface area contributed by atoms with E-state index in [1.807, 2.05) is 0 Å². The molecule has 4 fully saturated rings. The number of piperazine rings is 2. The molecule has 0 unspecified atom stereocenters. The zero-order valence-electron chi connectivity index (χ0n) is 49.0. The van der Waals surface area contributed by atoms with Crippen LogP contribution in [-0.4, -0.2) is 78.5 Å². The first kappa shape index (κ1) is 68.7. The van der Waals surface area contributed by atoms with Crippen molar-refractivity contribution in [2.24, 2.45) is 0 Å². The average Bonchev–Trinajstić information content (AvgIpc) is 4.11. The molecule has 14 heteroatoms. The van der Waals surface area contributed by atoms with Crippen LogP contribution in [0.4, 0.5) is 22.7 Å². The number of nitrogens with one attached hydrogen (secondary N) is 4. The van der Waals surface area contributed by atoms with Crippen molar-refractivity contribution in [1.29, 1.82) is 0 Å². The third-order valence-electron chi connectivity index (χ3n) is 13.9. The molecule has 0 bridgehead atoms. The fourth-order valence-corrected chi connectivity index (χ4v) is 10.0. The van der Waals surface area contributed by atoms with Gasteiger partial charge in [0.2, 0.25) is 13.3 Å². The van der Waals surface area contributed by atoms with Crippen LogP contribution in [0.3, 0.4) is 0 Å². The van der Waals surface area contributed by atoms with Gasteiger partial charge in [0, 0.05) is 101 Å². The van der Waals surface area contributed by atoms with E-state index >= 15 is 0 Å². The zero-order valence-corrected chi connectivity index (χ0v) is 55.1. The molecule has 0 aliphatic carbocycles. The molecule has 0 atom stereocenters. The van der Waals surface area contributed by atoms with E-state index in [1.54, 1.807) is 0 Å². The van der Waals surface area contributed by atoms with Gasteiger partial charge >= 0.3 is 70.0 Å². The van der Waals surface area contributed by atoms with Crippen LogP contribution in [0.1, 0.15) is 203 Å². The standard InChI is InChI=1S/2C27H38N2.2C4H10N2.4ClH.2Pd/c2*1-18(2)22-11-9-12-23(19(3)4)26(22)28-15-16-29(17-28)27-24(20(5)6)13-10-14-25(27)21(7)8;2*1-2-6-4-3-5-1;;;;;;/h2*9-14,18-21H,15-16H2,1-8H3;2*5-6H,1-4H2;4*1H;;/q;;;;;;;;2*+2/p-4. The summed E-state index contributed by atoms with van der Waals surface area (Å²) < 4.78 is 0. The third kappa shape index (κ3) is 21.1. The van der Waals surface area contributed by atoms with E-state index in [0.717, 1.165) is 78.5 Å². The third-order valence-corrected chi connectivity index (χ3v) is 13.9. The molecule has 4 saturated heterocycles. The van der Waals surface area contributed by atoms with E-state index in [0.29, 0.717) is 47.3 Å². The summed E-state index contributed by atoms with van der Waals surface area (Å²) in [5.41, 5.74) is 16.9. The molecule has 0 aromatic heterocycles. The van der Waals surface area contributed by atoms with Gasteiger partial charge in [0.25, 0.3) is 0 Å². The van der Waals surface area contributed by atoms with Crippen molar-refractivity contribution in [1.82, 2.24) is 21.3 Å². The van der Waals surface area contributed by atoms with Crippen LogP contribution >= 0.6 is 38.1 Å². The number of hydrogen-bond acceptors (Lipinski definition) is 8. The maximum absolute atomic E-state index is 4.81. The Balaban J connectivity index is 0.000000301. The molecule has 4 aliphatic heterocycles. The first-order valence-electron chi connectivity index (χ1n) is 27.9. The van der Waals surface area contributed by atoms with Crippen LogP contribution in [0.25, 0.3) is 0 Å². The van der Waals surface area contributed by atoms with Gasteiger partial charge in [0.15, 0.2) is 0 Å². The second-order valence-electron chi connectivity index (χ2n) is 22.3. The van der Waals surface area contributed by atoms with Gasteiger partial charge < -0.3 is 40.9 Å². The molecule has 0 amide bonds. The molecule has 4 aliphatic rings. The molecule has 76 heavy (non-hydrogen) atoms. The fourth-order valence-electron chi connectivity index (χ4n) is 10.0. The van der Waals surface area contributed by atoms with Crippen LogP contribution in [-0.2, 0) is 31.9 Å². The molecule has 4 aromatic carbocycles. The normalized spacial score (nSPS) is 15.7. The van der Waals surface area contributed by atoms with Crippen LogP contribution in [0, 0.1) is 13.3 Å². The van der Waals surface area contributed by atoms with Gasteiger partial charge in [0.1, 0.15) is 0 Å². The predicted molar refractivity (Wildman–Crippen MR) is 329 cm³/mol. The Morgan fingerprint density at radius 1 is 0.303 bits per heavy atom. The summed E-state index contributed by atoms with van der Waals surface area (Å²) in [7, 11) is 19.3. The molecule has 4 aromatic rings. The Morgan fingerprint density at radius 2 is 0.434 bits per heavy atom. The van der Waals surface area contributed by atoms with Gasteiger partial charge in [0.05, 0.1) is 0 Å². The minimum atomic E-state index is -0.106. The molecule has 0 saturated carbocycles. The molecule has 432 valence electrons. The Labute approximate surface area is 496 Å². The quantitative estimate of drug-likeness (QED) is 0.105. The predicted octanol–water partition coefficient (Wildman–Crippen LogP) is 16.1. The summed E-state index contributed by atoms with van der Waals surface area (Å²) in [4.78, 5) is 9.52. The van der Waals surface area contributed by atoms with Gasteiger partial charge in [-0.05, 0) is 91.9 Å². The van der Waals surface area contributed by atoms with Crippen molar-refractivity contribution in [3.8, 4) is 0 Å². The number of halogens is 4. The summed E-state index contributed by atoms with van der Waals surface area (Å²) in [6.07, 6.45) is 0. The maximum atomic E-state index is 4.81. The molecular formula is C62H96Cl4N8Pd2. The number of anilines is 4. The summed E-state index contributed by atoms with van der Waals surface area (Å²) in [5, 5.41) is 12.9. The summed E-state index contributed by atoms with van der Waals surface area (Å²) >= 11 is -0.211. The number of rotatable bonds is 12. The number of hydrogen-bond donors (Lipinski definition) is 4. The summed E-state index contributed by atoms with van der Waals surface area (Å²) in [5.74, 6) is 3.95. The second-order valence-corrected chi connectivity index (χ2v) is 27.0. The van der Waals surface area contributed by atoms with Crippen molar-refractivity contribution in [2.45, 2.75) is 158 Å². The minimum absolute atomic E-state index is 0.106. The topological polar surface area (TPSA) is 61.1 Å². The molecule has 8 rings (SSSR count). The van der Waals surface area contributed by atoms with Crippen molar-refractivity contribution in [2.75, 3.05) is 98.1 Å². The van der Waals surface area contributed by atoms with Crippen LogP contribution in [0.2, 0.25) is 0 Å². The van der Waals surface area contributed by atoms with Crippen LogP contribution in [0.5, 0.6) is 0 Å². The van der Waals surface area contributed by atoms with Crippen molar-refractivity contribution >= 4 is 60.9 Å². The van der Waals surface area contributed by atoms with E-state index in [2.05, 4.69) is 238 Å². The van der Waals surface area contributed by atoms with Crippen LogP contribution < -0.4 is 40.9 Å². The molecule has 4 N–H and O–H groups in total. The zero-order chi connectivity index (χ0) is 56.5. The summed E-state index contributed by atoms with van der Waals surface area (Å²) in [6.45, 7) is 57.3. The molecule has 8 nitrogen and oxygen atoms in total. The first-order chi connectivity index (χ1) is 36.3. The van der Waals surface area contributed by atoms with E-state index in [9.17, 15) is 0 Å². The van der Waals surface area contributed by atoms with E-state index in [-0.39, 0.29) is 31.9 Å². The number of benzene rings is 4. The number of para-hydroxylation sites is 4. The second kappa shape index (κ2) is 36.7. The summed E-state index contributed by atoms with van der Waals surface area (Å²) in [6, 6.07) is 27.2. The number of nitrogens with zero attached hydrogens (tertiary/aromatic N) is 4. The van der Waals surface area contributed by atoms with Crippen molar-refractivity contribution in [3.05, 3.63) is 131 Å². The van der Waals surface area contributed by atoms with Crippen molar-refractivity contribution < 1.29 is 31.9 Å². The average molecular weight is 1310 g/mol. The first-order valence-corrected chi connectivity index (χ1v) is 35.9. The van der Waals surface area contributed by atoms with Gasteiger partial charge in [-0.1, -0.05) is 184 Å². The van der Waals surface area contributed by atoms with Crippen molar-refractivity contribution in [3.63, 3.8) is 0 Å². The molecule has 0 spiro atoms. The van der Waals surface area contributed by atoms with E-state index in [4.69, 9.17) is 38.1 Å². The molecular weight excluding hydrogens is 1210 g/mol. The monoisotopic (exact) mass is 1300 g/mol. The van der Waals surface area contributed by atoms with E-state index in [1.165, 1.54) is 67.3 Å². The Hall–Kier alpha value is -1.60. The van der Waals surface area contributed by atoms with E-state index < -0.39 is 0 Å². The van der Waals surface area contributed by atoms with Gasteiger partial charge in [-0.3, -0.25) is 0 Å². The molecule has 4 heterocycles. The van der Waals surface area contributed by atoms with Gasteiger partial charge in [-0.15, -0.1) is 0 Å². The fraction of sp³-hybridized carbons (Fsp3) is 0.581. The van der Waals surface area contributed by atoms with Gasteiger partial charge in [-0.25, -0.2) is 0 Å². The molecule has 4 radical (unpaired) electrons. The van der Waals surface area contributed by atoms with Gasteiger partial charge in [-0.2, -0.15) is 0 Å². The van der Waals surface area contributed by atoms with Crippen LogP contribution in [0.15, 0.2) is 72.8 Å². The SMILES string of the molecule is C1CNCCN1.C1CNCCN1.CC(C)c1cccc(C(C)C)c1N1[C]N(c2c(C(C)C)cccc2C(C)C)CC1.CC(C)c1cccc(C(C)C)c1N1[C]N(c2c(C(C)C)cccc2C(C)C)CC1.[Cl][Pd][Cl].[Cl][Pd][Cl]. The Bertz CT molecular complexity index is 1810. The Kier molecular flexibility index (Phi) is 33.2. The Morgan fingerprint density at radius 3 is 0.539 bits per heavy atom.